The summed E-state index contributed by atoms with van der Waals surface area (Å²) in [5, 5.41) is 9.52. The Hall–Kier alpha value is -2.10. The predicted octanol–water partition coefficient (Wildman–Crippen LogP) is 1.99. The summed E-state index contributed by atoms with van der Waals surface area (Å²) >= 11 is 0. The molecule has 4 heteroatoms. The van der Waals surface area contributed by atoms with Crippen LogP contribution in [0.2, 0.25) is 0 Å². The third kappa shape index (κ3) is 4.41. The molecular weight excluding hydrogens is 230 g/mol. The van der Waals surface area contributed by atoms with Crippen molar-refractivity contribution in [3.05, 3.63) is 48.8 Å². The first-order valence-corrected chi connectivity index (χ1v) is 5.76. The van der Waals surface area contributed by atoms with E-state index in [1.54, 1.807) is 23.0 Å². The lowest BCUT2D eigenvalue weighted by molar-refractivity contribution is -0.697. The molecule has 0 atom stereocenters. The van der Waals surface area contributed by atoms with Gasteiger partial charge >= 0.3 is 5.97 Å². The van der Waals surface area contributed by atoms with Crippen LogP contribution in [0.3, 0.4) is 0 Å². The van der Waals surface area contributed by atoms with Crippen LogP contribution >= 0.6 is 0 Å². The zero-order valence-electron chi connectivity index (χ0n) is 10.5. The number of pyridine rings is 1. The molecule has 0 saturated carbocycles. The van der Waals surface area contributed by atoms with Crippen LogP contribution in [-0.2, 0) is 11.3 Å². The standard InChI is InChI=1S/C14H17NO3/c1-3-4-5-6-7-8-15-10-12(14(17)18-2)9-13(16)11-15/h3-5,9-11H,1,6-8H2,2H3/p+1/b5-4+. The number of allylic oxidation sites excluding steroid dienone is 3. The van der Waals surface area contributed by atoms with Crippen molar-refractivity contribution < 1.29 is 19.2 Å². The van der Waals surface area contributed by atoms with Crippen LogP contribution in [0.1, 0.15) is 23.2 Å². The Morgan fingerprint density at radius 2 is 2.33 bits per heavy atom. The van der Waals surface area contributed by atoms with Crippen molar-refractivity contribution >= 4 is 5.97 Å². The molecule has 0 saturated heterocycles. The molecule has 0 aromatic carbocycles. The molecule has 1 aromatic heterocycles. The molecule has 0 radical (unpaired) electrons. The minimum atomic E-state index is -0.453. The monoisotopic (exact) mass is 248 g/mol. The van der Waals surface area contributed by atoms with E-state index in [1.807, 2.05) is 12.2 Å². The van der Waals surface area contributed by atoms with Crippen molar-refractivity contribution in [2.24, 2.45) is 0 Å². The van der Waals surface area contributed by atoms with Crippen LogP contribution in [0.5, 0.6) is 5.75 Å². The van der Waals surface area contributed by atoms with Gasteiger partial charge < -0.3 is 9.84 Å². The van der Waals surface area contributed by atoms with Crippen molar-refractivity contribution in [2.45, 2.75) is 19.4 Å². The molecule has 1 aromatic rings. The van der Waals surface area contributed by atoms with Gasteiger partial charge in [-0.25, -0.2) is 9.36 Å². The number of hydrogen-bond acceptors (Lipinski definition) is 3. The average Bonchev–Trinajstić information content (AvgIpc) is 2.37. The van der Waals surface area contributed by atoms with Crippen molar-refractivity contribution in [2.75, 3.05) is 7.11 Å². The predicted molar refractivity (Wildman–Crippen MR) is 68.2 cm³/mol. The molecule has 1 rings (SSSR count). The molecule has 0 aliphatic rings. The van der Waals surface area contributed by atoms with Crippen molar-refractivity contribution in [1.82, 2.24) is 0 Å². The quantitative estimate of drug-likeness (QED) is 0.362. The van der Waals surface area contributed by atoms with Gasteiger partial charge in [0.25, 0.3) is 0 Å². The van der Waals surface area contributed by atoms with Crippen molar-refractivity contribution in [3.63, 3.8) is 0 Å². The smallest absolute Gasteiger partial charge is 0.344 e. The maximum atomic E-state index is 11.4. The van der Waals surface area contributed by atoms with Gasteiger partial charge in [0.05, 0.1) is 7.11 Å². The highest BCUT2D eigenvalue weighted by atomic mass is 16.5. The first-order chi connectivity index (χ1) is 8.67. The number of nitrogens with zero attached hydrogens (tertiary/aromatic N) is 1. The van der Waals surface area contributed by atoms with Crippen LogP contribution in [0.4, 0.5) is 0 Å². The Labute approximate surface area is 107 Å². The molecular formula is C14H18NO3+. The van der Waals surface area contributed by atoms with Crippen molar-refractivity contribution in [1.29, 1.82) is 0 Å². The van der Waals surface area contributed by atoms with E-state index in [2.05, 4.69) is 11.3 Å². The van der Waals surface area contributed by atoms with E-state index in [0.29, 0.717) is 5.56 Å². The van der Waals surface area contributed by atoms with E-state index < -0.39 is 5.97 Å². The third-order valence-electron chi connectivity index (χ3n) is 2.39. The highest BCUT2D eigenvalue weighted by Crippen LogP contribution is 2.08. The van der Waals surface area contributed by atoms with Crippen LogP contribution in [0.15, 0.2) is 43.3 Å². The summed E-state index contributed by atoms with van der Waals surface area (Å²) in [5.41, 5.74) is 0.346. The summed E-state index contributed by atoms with van der Waals surface area (Å²) in [6, 6.07) is 1.39. The number of esters is 1. The van der Waals surface area contributed by atoms with Crippen LogP contribution in [0, 0.1) is 0 Å². The van der Waals surface area contributed by atoms with Gasteiger partial charge in [0.15, 0.2) is 11.9 Å². The summed E-state index contributed by atoms with van der Waals surface area (Å²) in [5.74, 6) is -0.397. The minimum absolute atomic E-state index is 0.0551. The lowest BCUT2D eigenvalue weighted by atomic mass is 10.2. The fraction of sp³-hybridized carbons (Fsp3) is 0.286. The van der Waals surface area contributed by atoms with Crippen LogP contribution < -0.4 is 4.57 Å². The molecule has 0 unspecified atom stereocenters. The van der Waals surface area contributed by atoms with E-state index in [9.17, 15) is 9.90 Å². The molecule has 0 bridgehead atoms. The topological polar surface area (TPSA) is 50.4 Å². The zero-order chi connectivity index (χ0) is 13.4. The van der Waals surface area contributed by atoms with Gasteiger partial charge in [-0.3, -0.25) is 0 Å². The lowest BCUT2D eigenvalue weighted by Crippen LogP contribution is -2.34. The molecule has 0 amide bonds. The second-order valence-electron chi connectivity index (χ2n) is 3.82. The van der Waals surface area contributed by atoms with Gasteiger partial charge in [0.1, 0.15) is 12.1 Å². The molecule has 96 valence electrons. The van der Waals surface area contributed by atoms with E-state index in [0.717, 1.165) is 19.4 Å². The fourth-order valence-electron chi connectivity index (χ4n) is 1.56. The summed E-state index contributed by atoms with van der Waals surface area (Å²) in [7, 11) is 1.32. The van der Waals surface area contributed by atoms with Gasteiger partial charge in [0.2, 0.25) is 6.20 Å². The summed E-state index contributed by atoms with van der Waals surface area (Å²) in [4.78, 5) is 11.4. The number of aromatic nitrogens is 1. The Kier molecular flexibility index (Phi) is 5.64. The number of rotatable bonds is 6. The molecule has 0 fully saturated rings. The molecule has 4 nitrogen and oxygen atoms in total. The molecule has 0 aliphatic carbocycles. The van der Waals surface area contributed by atoms with Gasteiger partial charge in [-0.1, -0.05) is 24.8 Å². The summed E-state index contributed by atoms with van der Waals surface area (Å²) in [6.45, 7) is 4.31. The molecule has 1 heterocycles. The van der Waals surface area contributed by atoms with E-state index >= 15 is 0 Å². The molecule has 1 N–H and O–H groups in total. The Bertz CT molecular complexity index is 452. The fourth-order valence-corrected chi connectivity index (χ4v) is 1.56. The van der Waals surface area contributed by atoms with E-state index in [1.165, 1.54) is 13.2 Å². The number of hydrogen-bond donors (Lipinski definition) is 1. The number of unbranched alkanes of at least 4 members (excludes halogenated alkanes) is 1. The Morgan fingerprint density at radius 3 is 3.00 bits per heavy atom. The Balaban J connectivity index is 2.65. The SMILES string of the molecule is C=C/C=C/CCC[n+]1cc(O)cc(C(=O)OC)c1. The molecule has 18 heavy (non-hydrogen) atoms. The van der Waals surface area contributed by atoms with Gasteiger partial charge in [0, 0.05) is 12.5 Å². The highest BCUT2D eigenvalue weighted by molar-refractivity contribution is 5.88. The molecule has 0 spiro atoms. The maximum absolute atomic E-state index is 11.4. The second kappa shape index (κ2) is 7.27. The zero-order valence-corrected chi connectivity index (χ0v) is 10.5. The van der Waals surface area contributed by atoms with E-state index in [-0.39, 0.29) is 5.75 Å². The lowest BCUT2D eigenvalue weighted by Gasteiger charge is -2.00. The third-order valence-corrected chi connectivity index (χ3v) is 2.39. The second-order valence-corrected chi connectivity index (χ2v) is 3.82. The van der Waals surface area contributed by atoms with E-state index in [4.69, 9.17) is 0 Å². The largest absolute Gasteiger partial charge is 0.503 e. The molecule has 0 aliphatic heterocycles. The highest BCUT2D eigenvalue weighted by Gasteiger charge is 2.13. The van der Waals surface area contributed by atoms with Gasteiger partial charge in [-0.15, -0.1) is 0 Å². The minimum Gasteiger partial charge on any atom is -0.503 e. The first kappa shape index (κ1) is 14.0. The number of ether oxygens (including phenoxy) is 1. The Morgan fingerprint density at radius 1 is 1.56 bits per heavy atom. The first-order valence-electron chi connectivity index (χ1n) is 5.76. The number of carbonyl (C=O) groups is 1. The average molecular weight is 248 g/mol. The summed E-state index contributed by atoms with van der Waals surface area (Å²) < 4.78 is 6.40. The number of aryl methyl sites for hydroxylation is 1. The maximum Gasteiger partial charge on any atom is 0.344 e. The van der Waals surface area contributed by atoms with Gasteiger partial charge in [-0.05, 0) is 6.42 Å². The van der Waals surface area contributed by atoms with Crippen molar-refractivity contribution in [3.8, 4) is 5.75 Å². The van der Waals surface area contributed by atoms with Crippen LogP contribution in [-0.4, -0.2) is 18.2 Å². The number of carbonyl (C=O) groups excluding carboxylic acids is 1. The van der Waals surface area contributed by atoms with Crippen LogP contribution in [0.25, 0.3) is 0 Å². The normalized spacial score (nSPS) is 10.5. The number of methoxy groups -OCH3 is 1. The number of aromatic hydroxyl groups is 1. The van der Waals surface area contributed by atoms with Gasteiger partial charge in [-0.2, -0.15) is 0 Å². The summed E-state index contributed by atoms with van der Waals surface area (Å²) in [6.07, 6.45) is 10.7.